The summed E-state index contributed by atoms with van der Waals surface area (Å²) in [4.78, 5) is 11.5. The largest absolute Gasteiger partial charge is 0.446 e. The average molecular weight is 235 g/mol. The van der Waals surface area contributed by atoms with Gasteiger partial charge in [0.25, 0.3) is 0 Å². The molecule has 0 saturated heterocycles. The Kier molecular flexibility index (Phi) is 4.55. The van der Waals surface area contributed by atoms with Crippen LogP contribution in [0.2, 0.25) is 0 Å². The van der Waals surface area contributed by atoms with Gasteiger partial charge in [0.15, 0.2) is 0 Å². The molecule has 1 aromatic carbocycles. The first-order valence-electron chi connectivity index (χ1n) is 5.88. The SMILES string of the molecule is C[C@@H](OC(=O)NCc1ccccc1)C(C)(C)C. The number of carbonyl (C=O) groups excluding carboxylic acids is 1. The van der Waals surface area contributed by atoms with Crippen molar-refractivity contribution in [3.05, 3.63) is 35.9 Å². The van der Waals surface area contributed by atoms with Gasteiger partial charge in [-0.15, -0.1) is 0 Å². The monoisotopic (exact) mass is 235 g/mol. The Hall–Kier alpha value is -1.51. The second kappa shape index (κ2) is 5.71. The number of ether oxygens (including phenoxy) is 1. The molecule has 1 rings (SSSR count). The van der Waals surface area contributed by atoms with Crippen LogP contribution in [-0.2, 0) is 11.3 Å². The summed E-state index contributed by atoms with van der Waals surface area (Å²) in [6.45, 7) is 8.53. The van der Waals surface area contributed by atoms with Crippen molar-refractivity contribution in [2.24, 2.45) is 5.41 Å². The Morgan fingerprint density at radius 2 is 1.88 bits per heavy atom. The molecule has 1 atom stereocenters. The van der Waals surface area contributed by atoms with Crippen LogP contribution in [-0.4, -0.2) is 12.2 Å². The number of hydrogen-bond acceptors (Lipinski definition) is 2. The lowest BCUT2D eigenvalue weighted by Gasteiger charge is -2.26. The van der Waals surface area contributed by atoms with Gasteiger partial charge in [0, 0.05) is 6.54 Å². The predicted molar refractivity (Wildman–Crippen MR) is 68.7 cm³/mol. The summed E-state index contributed by atoms with van der Waals surface area (Å²) in [6, 6.07) is 9.77. The van der Waals surface area contributed by atoms with E-state index in [1.165, 1.54) is 0 Å². The van der Waals surface area contributed by atoms with Gasteiger partial charge < -0.3 is 10.1 Å². The van der Waals surface area contributed by atoms with Crippen LogP contribution in [0.5, 0.6) is 0 Å². The predicted octanol–water partition coefficient (Wildman–Crippen LogP) is 3.35. The van der Waals surface area contributed by atoms with E-state index in [2.05, 4.69) is 5.32 Å². The van der Waals surface area contributed by atoms with Gasteiger partial charge in [0.1, 0.15) is 6.10 Å². The molecule has 94 valence electrons. The van der Waals surface area contributed by atoms with E-state index in [9.17, 15) is 4.79 Å². The molecule has 17 heavy (non-hydrogen) atoms. The molecule has 0 spiro atoms. The molecule has 0 aliphatic carbocycles. The third-order valence-electron chi connectivity index (χ3n) is 2.78. The Morgan fingerprint density at radius 1 is 1.29 bits per heavy atom. The van der Waals surface area contributed by atoms with Crippen LogP contribution >= 0.6 is 0 Å². The minimum absolute atomic E-state index is 0.0376. The van der Waals surface area contributed by atoms with Crippen molar-refractivity contribution in [1.29, 1.82) is 0 Å². The van der Waals surface area contributed by atoms with Gasteiger partial charge in [0.2, 0.25) is 0 Å². The quantitative estimate of drug-likeness (QED) is 0.872. The Bertz CT molecular complexity index is 354. The molecule has 0 aromatic heterocycles. The van der Waals surface area contributed by atoms with E-state index in [-0.39, 0.29) is 17.6 Å². The standard InChI is InChI=1S/C14H21NO2/c1-11(14(2,3)4)17-13(16)15-10-12-8-6-5-7-9-12/h5-9,11H,10H2,1-4H3,(H,15,16)/t11-/m1/s1. The van der Waals surface area contributed by atoms with Gasteiger partial charge in [-0.25, -0.2) is 4.79 Å². The van der Waals surface area contributed by atoms with Gasteiger partial charge in [-0.1, -0.05) is 51.1 Å². The maximum atomic E-state index is 11.5. The fourth-order valence-electron chi connectivity index (χ4n) is 1.15. The van der Waals surface area contributed by atoms with Crippen molar-refractivity contribution in [2.45, 2.75) is 40.3 Å². The van der Waals surface area contributed by atoms with Gasteiger partial charge in [-0.05, 0) is 17.9 Å². The number of carbonyl (C=O) groups is 1. The summed E-state index contributed by atoms with van der Waals surface area (Å²) in [5, 5.41) is 2.74. The van der Waals surface area contributed by atoms with Crippen LogP contribution in [0.1, 0.15) is 33.3 Å². The average Bonchev–Trinajstić information content (AvgIpc) is 2.26. The topological polar surface area (TPSA) is 38.3 Å². The van der Waals surface area contributed by atoms with Crippen molar-refractivity contribution in [3.8, 4) is 0 Å². The van der Waals surface area contributed by atoms with E-state index in [1.54, 1.807) is 0 Å². The summed E-state index contributed by atoms with van der Waals surface area (Å²) in [5.41, 5.74) is 1.03. The molecule has 1 amide bonds. The second-order valence-corrected chi connectivity index (χ2v) is 5.25. The first-order chi connectivity index (χ1) is 7.89. The van der Waals surface area contributed by atoms with E-state index in [0.29, 0.717) is 6.54 Å². The summed E-state index contributed by atoms with van der Waals surface area (Å²) < 4.78 is 5.29. The minimum Gasteiger partial charge on any atom is -0.446 e. The highest BCUT2D eigenvalue weighted by Gasteiger charge is 2.23. The maximum absolute atomic E-state index is 11.5. The summed E-state index contributed by atoms with van der Waals surface area (Å²) in [6.07, 6.45) is -0.477. The van der Waals surface area contributed by atoms with Gasteiger partial charge in [-0.2, -0.15) is 0 Å². The summed E-state index contributed by atoms with van der Waals surface area (Å²) in [5.74, 6) is 0. The van der Waals surface area contributed by atoms with Gasteiger partial charge in [-0.3, -0.25) is 0 Å². The molecule has 0 unspecified atom stereocenters. The third-order valence-corrected chi connectivity index (χ3v) is 2.78. The van der Waals surface area contributed by atoms with Crippen LogP contribution in [0.15, 0.2) is 30.3 Å². The number of hydrogen-bond donors (Lipinski definition) is 1. The van der Waals surface area contributed by atoms with Crippen LogP contribution in [0.3, 0.4) is 0 Å². The van der Waals surface area contributed by atoms with Crippen molar-refractivity contribution < 1.29 is 9.53 Å². The van der Waals surface area contributed by atoms with E-state index in [1.807, 2.05) is 58.0 Å². The number of nitrogens with one attached hydrogen (secondary N) is 1. The zero-order chi connectivity index (χ0) is 12.9. The fraction of sp³-hybridized carbons (Fsp3) is 0.500. The number of benzene rings is 1. The lowest BCUT2D eigenvalue weighted by Crippen LogP contribution is -2.33. The van der Waals surface area contributed by atoms with E-state index in [0.717, 1.165) is 5.56 Å². The molecular weight excluding hydrogens is 214 g/mol. The Morgan fingerprint density at radius 3 is 2.41 bits per heavy atom. The molecule has 0 radical (unpaired) electrons. The van der Waals surface area contributed by atoms with Crippen molar-refractivity contribution in [3.63, 3.8) is 0 Å². The number of amides is 1. The summed E-state index contributed by atoms with van der Waals surface area (Å²) >= 11 is 0. The zero-order valence-electron chi connectivity index (χ0n) is 11.0. The lowest BCUT2D eigenvalue weighted by atomic mass is 9.90. The lowest BCUT2D eigenvalue weighted by molar-refractivity contribution is 0.0435. The van der Waals surface area contributed by atoms with Crippen molar-refractivity contribution >= 4 is 6.09 Å². The molecule has 3 heteroatoms. The zero-order valence-corrected chi connectivity index (χ0v) is 11.0. The molecular formula is C14H21NO2. The highest BCUT2D eigenvalue weighted by molar-refractivity contribution is 5.67. The first-order valence-corrected chi connectivity index (χ1v) is 5.88. The van der Waals surface area contributed by atoms with Gasteiger partial charge in [0.05, 0.1) is 0 Å². The van der Waals surface area contributed by atoms with Crippen LogP contribution < -0.4 is 5.32 Å². The molecule has 0 aliphatic rings. The van der Waals surface area contributed by atoms with Crippen LogP contribution in [0, 0.1) is 5.41 Å². The summed E-state index contributed by atoms with van der Waals surface area (Å²) in [7, 11) is 0. The van der Waals surface area contributed by atoms with Crippen molar-refractivity contribution in [1.82, 2.24) is 5.32 Å². The van der Waals surface area contributed by atoms with Gasteiger partial charge >= 0.3 is 6.09 Å². The smallest absolute Gasteiger partial charge is 0.407 e. The molecule has 0 aliphatic heterocycles. The molecule has 0 bridgehead atoms. The fourth-order valence-corrected chi connectivity index (χ4v) is 1.15. The molecule has 0 heterocycles. The third kappa shape index (κ3) is 4.89. The van der Waals surface area contributed by atoms with Crippen LogP contribution in [0.4, 0.5) is 4.79 Å². The van der Waals surface area contributed by atoms with Crippen LogP contribution in [0.25, 0.3) is 0 Å². The first kappa shape index (κ1) is 13.6. The molecule has 1 aromatic rings. The Balaban J connectivity index is 2.36. The maximum Gasteiger partial charge on any atom is 0.407 e. The second-order valence-electron chi connectivity index (χ2n) is 5.25. The van der Waals surface area contributed by atoms with Crippen molar-refractivity contribution in [2.75, 3.05) is 0 Å². The van der Waals surface area contributed by atoms with E-state index >= 15 is 0 Å². The normalized spacial score (nSPS) is 12.9. The molecule has 0 saturated carbocycles. The number of rotatable bonds is 3. The molecule has 3 nitrogen and oxygen atoms in total. The highest BCUT2D eigenvalue weighted by atomic mass is 16.6. The van der Waals surface area contributed by atoms with E-state index in [4.69, 9.17) is 4.74 Å². The van der Waals surface area contributed by atoms with E-state index < -0.39 is 0 Å². The highest BCUT2D eigenvalue weighted by Crippen LogP contribution is 2.21. The molecule has 0 fully saturated rings. The Labute approximate surface area is 103 Å². The molecule has 1 N–H and O–H groups in total. The number of alkyl carbamates (subject to hydrolysis) is 1. The minimum atomic E-state index is -0.365.